The van der Waals surface area contributed by atoms with Crippen LogP contribution in [0.25, 0.3) is 0 Å². The number of aliphatic hydroxyl groups excluding tert-OH is 4. The topological polar surface area (TPSA) is 192 Å². The number of unbranched alkanes of at least 4 members (excludes halogenated alkanes) is 23. The van der Waals surface area contributed by atoms with Crippen molar-refractivity contribution < 1.29 is 51.8 Å². The summed E-state index contributed by atoms with van der Waals surface area (Å²) in [4.78, 5) is 13.0. The summed E-state index contributed by atoms with van der Waals surface area (Å²) >= 11 is 0. The van der Waals surface area contributed by atoms with E-state index in [2.05, 4.69) is 35.5 Å². The van der Waals surface area contributed by atoms with E-state index in [-0.39, 0.29) is 18.9 Å². The summed E-state index contributed by atoms with van der Waals surface area (Å²) in [6.07, 6.45) is 29.3. The minimum absolute atomic E-state index is 0.264. The Bertz CT molecular complexity index is 1110. The van der Waals surface area contributed by atoms with E-state index >= 15 is 0 Å². The van der Waals surface area contributed by atoms with Crippen LogP contribution >= 0.6 is 0 Å². The molecule has 1 saturated heterocycles. The second-order valence-corrected chi connectivity index (χ2v) is 16.7. The average molecular weight is 820 g/mol. The summed E-state index contributed by atoms with van der Waals surface area (Å²) in [7, 11) is -5.08. The van der Waals surface area contributed by atoms with Crippen molar-refractivity contribution in [3.8, 4) is 0 Å². The number of nitrogens with one attached hydrogen (secondary N) is 1. The van der Waals surface area contributed by atoms with E-state index in [1.54, 1.807) is 6.08 Å². The molecule has 1 aliphatic rings. The van der Waals surface area contributed by atoms with Gasteiger partial charge in [0.15, 0.2) is 6.29 Å². The number of amides is 1. The number of carbonyl (C=O) groups is 1. The van der Waals surface area contributed by atoms with Crippen LogP contribution in [0.4, 0.5) is 0 Å². The lowest BCUT2D eigenvalue weighted by Gasteiger charge is -2.41. The molecule has 0 saturated carbocycles. The largest absolute Gasteiger partial charge is 0.397 e. The molecule has 0 aromatic carbocycles. The zero-order chi connectivity index (χ0) is 41.3. The van der Waals surface area contributed by atoms with Gasteiger partial charge in [-0.15, -0.1) is 0 Å². The van der Waals surface area contributed by atoms with Gasteiger partial charge in [-0.05, 0) is 44.9 Å². The first-order chi connectivity index (χ1) is 27.0. The molecule has 7 unspecified atom stereocenters. The van der Waals surface area contributed by atoms with Crippen molar-refractivity contribution in [3.05, 3.63) is 24.3 Å². The Labute approximate surface area is 340 Å². The van der Waals surface area contributed by atoms with Crippen LogP contribution < -0.4 is 5.32 Å². The van der Waals surface area contributed by atoms with Gasteiger partial charge in [0.05, 0.1) is 25.4 Å². The minimum atomic E-state index is -5.08. The highest BCUT2D eigenvalue weighted by molar-refractivity contribution is 7.80. The van der Waals surface area contributed by atoms with Crippen molar-refractivity contribution in [2.45, 2.75) is 230 Å². The molecule has 6 N–H and O–H groups in total. The third-order valence-corrected chi connectivity index (χ3v) is 10.9. The van der Waals surface area contributed by atoms with Crippen molar-refractivity contribution in [2.75, 3.05) is 13.2 Å². The molecule has 7 atom stereocenters. The van der Waals surface area contributed by atoms with Crippen molar-refractivity contribution >= 4 is 16.3 Å². The maximum Gasteiger partial charge on any atom is 0.397 e. The fourth-order valence-electron chi connectivity index (χ4n) is 6.98. The van der Waals surface area contributed by atoms with Crippen LogP contribution in [-0.2, 0) is 28.9 Å². The Balaban J connectivity index is 2.56. The van der Waals surface area contributed by atoms with Gasteiger partial charge in [-0.3, -0.25) is 9.35 Å². The molecular weight excluding hydrogens is 739 g/mol. The van der Waals surface area contributed by atoms with E-state index in [4.69, 9.17) is 14.0 Å². The van der Waals surface area contributed by atoms with Gasteiger partial charge in [-0.25, -0.2) is 4.18 Å². The van der Waals surface area contributed by atoms with Crippen molar-refractivity contribution in [1.82, 2.24) is 5.32 Å². The smallest absolute Gasteiger partial charge is 0.394 e. The maximum atomic E-state index is 13.0. The average Bonchev–Trinajstić information content (AvgIpc) is 3.16. The number of ether oxygens (including phenoxy) is 2. The molecule has 56 heavy (non-hydrogen) atoms. The molecule has 12 nitrogen and oxygen atoms in total. The Morgan fingerprint density at radius 2 is 1.14 bits per heavy atom. The molecule has 0 aromatic heterocycles. The van der Waals surface area contributed by atoms with E-state index in [1.165, 1.54) is 116 Å². The van der Waals surface area contributed by atoms with E-state index in [0.717, 1.165) is 44.9 Å². The van der Waals surface area contributed by atoms with Crippen LogP contribution in [0.2, 0.25) is 0 Å². The lowest BCUT2D eigenvalue weighted by Crippen LogP contribution is -2.61. The molecule has 1 rings (SSSR count). The molecule has 1 amide bonds. The van der Waals surface area contributed by atoms with E-state index < -0.39 is 59.9 Å². The molecular formula is C43H81NO11S. The summed E-state index contributed by atoms with van der Waals surface area (Å²) in [5.41, 5.74) is 0. The normalized spacial score (nSPS) is 21.6. The molecule has 0 aliphatic carbocycles. The Morgan fingerprint density at radius 1 is 0.696 bits per heavy atom. The number of carbonyl (C=O) groups excluding carboxylic acids is 1. The highest BCUT2D eigenvalue weighted by Gasteiger charge is 2.48. The van der Waals surface area contributed by atoms with Gasteiger partial charge in [-0.2, -0.15) is 8.42 Å². The zero-order valence-electron chi connectivity index (χ0n) is 35.0. The molecule has 0 radical (unpaired) electrons. The second-order valence-electron chi connectivity index (χ2n) is 15.6. The van der Waals surface area contributed by atoms with Crippen molar-refractivity contribution in [3.63, 3.8) is 0 Å². The van der Waals surface area contributed by atoms with Gasteiger partial charge in [-0.1, -0.05) is 160 Å². The number of aliphatic hydroxyl groups is 4. The second kappa shape index (κ2) is 34.4. The Hall–Kier alpha value is -1.42. The van der Waals surface area contributed by atoms with Crippen LogP contribution in [0.1, 0.15) is 187 Å². The van der Waals surface area contributed by atoms with E-state index in [1.807, 2.05) is 6.08 Å². The first kappa shape index (κ1) is 52.6. The molecule has 1 heterocycles. The molecule has 0 bridgehead atoms. The number of hydrogen-bond acceptors (Lipinski definition) is 10. The van der Waals surface area contributed by atoms with Crippen molar-refractivity contribution in [2.24, 2.45) is 0 Å². The first-order valence-electron chi connectivity index (χ1n) is 22.2. The summed E-state index contributed by atoms with van der Waals surface area (Å²) in [6.45, 7) is 3.36. The van der Waals surface area contributed by atoms with Gasteiger partial charge >= 0.3 is 10.4 Å². The first-order valence-corrected chi connectivity index (χ1v) is 23.6. The van der Waals surface area contributed by atoms with Gasteiger partial charge < -0.3 is 35.2 Å². The van der Waals surface area contributed by atoms with Crippen LogP contribution in [0.3, 0.4) is 0 Å². The third-order valence-electron chi connectivity index (χ3n) is 10.5. The predicted octanol–water partition coefficient (Wildman–Crippen LogP) is 8.16. The molecule has 1 fully saturated rings. The molecule has 330 valence electrons. The van der Waals surface area contributed by atoms with Gasteiger partial charge in [0.25, 0.3) is 0 Å². The molecule has 13 heteroatoms. The number of hydrogen-bond donors (Lipinski definition) is 6. The van der Waals surface area contributed by atoms with Crippen molar-refractivity contribution in [1.29, 1.82) is 0 Å². The fraction of sp³-hybridized carbons (Fsp3) is 0.884. The van der Waals surface area contributed by atoms with Gasteiger partial charge in [0, 0.05) is 6.42 Å². The Morgan fingerprint density at radius 3 is 1.62 bits per heavy atom. The van der Waals surface area contributed by atoms with Crippen LogP contribution in [0, 0.1) is 0 Å². The fourth-order valence-corrected chi connectivity index (χ4v) is 7.49. The SMILES string of the molecule is CCCCCC/C=C\CCCCCCCCCC(=O)NC(COC1OC(CO)C(O)C(OS(=O)(=O)O)C1O)C(O)/C=C/CCCCCCCCCCCCCC. The molecule has 0 aromatic rings. The highest BCUT2D eigenvalue weighted by Crippen LogP contribution is 2.26. The number of allylic oxidation sites excluding steroid dienone is 3. The summed E-state index contributed by atoms with van der Waals surface area (Å²) in [5, 5.41) is 44.6. The van der Waals surface area contributed by atoms with Gasteiger partial charge in [0.2, 0.25) is 5.91 Å². The monoisotopic (exact) mass is 820 g/mol. The predicted molar refractivity (Wildman–Crippen MR) is 222 cm³/mol. The molecule has 1 aliphatic heterocycles. The van der Waals surface area contributed by atoms with E-state index in [9.17, 15) is 33.6 Å². The molecule has 0 spiro atoms. The summed E-state index contributed by atoms with van der Waals surface area (Å²) in [5.74, 6) is -0.269. The van der Waals surface area contributed by atoms with E-state index in [0.29, 0.717) is 6.42 Å². The van der Waals surface area contributed by atoms with Crippen LogP contribution in [0.15, 0.2) is 24.3 Å². The summed E-state index contributed by atoms with van der Waals surface area (Å²) < 4.78 is 47.5. The highest BCUT2D eigenvalue weighted by atomic mass is 32.3. The van der Waals surface area contributed by atoms with Crippen LogP contribution in [0.5, 0.6) is 0 Å². The Kier molecular flexibility index (Phi) is 32.4. The van der Waals surface area contributed by atoms with Crippen LogP contribution in [-0.4, -0.2) is 95.4 Å². The lowest BCUT2D eigenvalue weighted by atomic mass is 9.99. The maximum absolute atomic E-state index is 13.0. The summed E-state index contributed by atoms with van der Waals surface area (Å²) in [6, 6.07) is -0.942. The quantitative estimate of drug-likeness (QED) is 0.0201. The number of rotatable bonds is 37. The minimum Gasteiger partial charge on any atom is -0.394 e. The zero-order valence-corrected chi connectivity index (χ0v) is 35.8. The van der Waals surface area contributed by atoms with Gasteiger partial charge in [0.1, 0.15) is 24.4 Å². The third kappa shape index (κ3) is 27.3. The lowest BCUT2D eigenvalue weighted by molar-refractivity contribution is -0.298. The standard InChI is InChI=1S/C43H81NO11S/c1-3-5-7-9-11-13-15-17-19-21-23-25-27-29-31-33-39(47)44-36(35-53-43-41(49)42(55-56(50,51)52)40(48)38(34-45)54-43)37(46)32-30-28-26-24-22-20-18-16-14-12-10-8-6-4-2/h13,15,30,32,36-38,40-43,45-46,48-49H,3-12,14,16-29,31,33-35H2,1-2H3,(H,44,47)(H,50,51,52)/b15-13-,32-30+.